The first kappa shape index (κ1) is 14.8. The zero-order chi connectivity index (χ0) is 15.0. The molecule has 21 heavy (non-hydrogen) atoms. The van der Waals surface area contributed by atoms with Crippen LogP contribution in [0.2, 0.25) is 0 Å². The molecule has 1 saturated carbocycles. The zero-order valence-corrected chi connectivity index (χ0v) is 13.2. The van der Waals surface area contributed by atoms with Crippen LogP contribution in [0, 0.1) is 6.92 Å². The van der Waals surface area contributed by atoms with E-state index in [9.17, 15) is 5.11 Å². The molecule has 1 aliphatic carbocycles. The Morgan fingerprint density at radius 1 is 1.43 bits per heavy atom. The SMILES string of the molecule is Cc1nn(C)c(N2CC(CO)OCC2C)c1CNC1CC1. The molecule has 2 N–H and O–H groups in total. The second-order valence-corrected chi connectivity index (χ2v) is 6.31. The lowest BCUT2D eigenvalue weighted by Gasteiger charge is -2.39. The molecule has 118 valence electrons. The second kappa shape index (κ2) is 5.94. The lowest BCUT2D eigenvalue weighted by atomic mass is 10.1. The molecule has 2 unspecified atom stereocenters. The van der Waals surface area contributed by atoms with Crippen molar-refractivity contribution < 1.29 is 9.84 Å². The van der Waals surface area contributed by atoms with Crippen molar-refractivity contribution >= 4 is 5.82 Å². The Kier molecular flexibility index (Phi) is 4.19. The summed E-state index contributed by atoms with van der Waals surface area (Å²) in [4.78, 5) is 2.33. The predicted octanol–water partition coefficient (Wildman–Crippen LogP) is 0.567. The van der Waals surface area contributed by atoms with Gasteiger partial charge in [-0.15, -0.1) is 0 Å². The van der Waals surface area contributed by atoms with E-state index in [0.29, 0.717) is 25.2 Å². The third-order valence-corrected chi connectivity index (χ3v) is 4.44. The molecule has 0 amide bonds. The normalized spacial score (nSPS) is 26.4. The largest absolute Gasteiger partial charge is 0.394 e. The van der Waals surface area contributed by atoms with Gasteiger partial charge in [-0.3, -0.25) is 4.68 Å². The third kappa shape index (κ3) is 3.07. The number of nitrogens with one attached hydrogen (secondary N) is 1. The van der Waals surface area contributed by atoms with Crippen LogP contribution in [0.1, 0.15) is 31.0 Å². The van der Waals surface area contributed by atoms with Crippen LogP contribution in [0.4, 0.5) is 5.82 Å². The Labute approximate surface area is 126 Å². The Bertz CT molecular complexity index is 498. The summed E-state index contributed by atoms with van der Waals surface area (Å²) in [6, 6.07) is 0.979. The van der Waals surface area contributed by atoms with E-state index in [1.165, 1.54) is 18.4 Å². The van der Waals surface area contributed by atoms with Gasteiger partial charge in [-0.2, -0.15) is 5.10 Å². The van der Waals surface area contributed by atoms with Crippen LogP contribution >= 0.6 is 0 Å². The number of aromatic nitrogens is 2. The minimum Gasteiger partial charge on any atom is -0.394 e. The summed E-state index contributed by atoms with van der Waals surface area (Å²) in [5, 5.41) is 17.6. The van der Waals surface area contributed by atoms with Crippen molar-refractivity contribution in [1.29, 1.82) is 0 Å². The van der Waals surface area contributed by atoms with Gasteiger partial charge in [0.25, 0.3) is 0 Å². The molecule has 1 aliphatic heterocycles. The van der Waals surface area contributed by atoms with E-state index in [4.69, 9.17) is 4.74 Å². The maximum absolute atomic E-state index is 9.38. The summed E-state index contributed by atoms with van der Waals surface area (Å²) in [5.74, 6) is 1.16. The van der Waals surface area contributed by atoms with E-state index in [1.54, 1.807) is 0 Å². The quantitative estimate of drug-likeness (QED) is 0.831. The summed E-state index contributed by atoms with van der Waals surface area (Å²) >= 11 is 0. The molecular formula is C15H26N4O2. The van der Waals surface area contributed by atoms with Crippen molar-refractivity contribution in [2.45, 2.75) is 51.4 Å². The predicted molar refractivity (Wildman–Crippen MR) is 81.4 cm³/mol. The molecule has 6 nitrogen and oxygen atoms in total. The standard InChI is InChI=1S/C15H26N4O2/c1-10-9-21-13(8-20)7-19(10)15-14(6-16-12-4-5-12)11(2)17-18(15)3/h10,12-13,16,20H,4-9H2,1-3H3. The van der Waals surface area contributed by atoms with Gasteiger partial charge in [-0.1, -0.05) is 0 Å². The van der Waals surface area contributed by atoms with E-state index in [2.05, 4.69) is 29.2 Å². The van der Waals surface area contributed by atoms with Gasteiger partial charge in [0, 0.05) is 31.7 Å². The summed E-state index contributed by atoms with van der Waals surface area (Å²) in [7, 11) is 2.00. The average Bonchev–Trinajstić information content (AvgIpc) is 3.24. The number of hydrogen-bond acceptors (Lipinski definition) is 5. The molecule has 2 aliphatic rings. The summed E-state index contributed by atoms with van der Waals surface area (Å²) in [6.07, 6.45) is 2.46. The van der Waals surface area contributed by atoms with Gasteiger partial charge >= 0.3 is 0 Å². The first-order valence-corrected chi connectivity index (χ1v) is 7.85. The van der Waals surface area contributed by atoms with Crippen molar-refractivity contribution in [1.82, 2.24) is 15.1 Å². The van der Waals surface area contributed by atoms with E-state index < -0.39 is 0 Å². The van der Waals surface area contributed by atoms with Gasteiger partial charge in [0.2, 0.25) is 0 Å². The molecule has 2 fully saturated rings. The molecule has 6 heteroatoms. The van der Waals surface area contributed by atoms with Gasteiger partial charge in [0.15, 0.2) is 0 Å². The fourth-order valence-corrected chi connectivity index (χ4v) is 3.01. The molecule has 1 aromatic heterocycles. The van der Waals surface area contributed by atoms with Crippen molar-refractivity contribution in [2.75, 3.05) is 24.7 Å². The highest BCUT2D eigenvalue weighted by molar-refractivity contribution is 5.51. The van der Waals surface area contributed by atoms with Crippen molar-refractivity contribution in [2.24, 2.45) is 7.05 Å². The fraction of sp³-hybridized carbons (Fsp3) is 0.800. The van der Waals surface area contributed by atoms with Gasteiger partial charge in [0.05, 0.1) is 31.1 Å². The monoisotopic (exact) mass is 294 g/mol. The van der Waals surface area contributed by atoms with Gasteiger partial charge in [-0.25, -0.2) is 0 Å². The van der Waals surface area contributed by atoms with E-state index >= 15 is 0 Å². The molecule has 0 radical (unpaired) electrons. The van der Waals surface area contributed by atoms with Gasteiger partial charge in [0.1, 0.15) is 5.82 Å². The Morgan fingerprint density at radius 3 is 2.86 bits per heavy atom. The lowest BCUT2D eigenvalue weighted by Crippen LogP contribution is -2.50. The first-order chi connectivity index (χ1) is 10.1. The molecule has 1 aromatic rings. The van der Waals surface area contributed by atoms with Crippen molar-refractivity contribution in [3.05, 3.63) is 11.3 Å². The van der Waals surface area contributed by atoms with E-state index in [-0.39, 0.29) is 12.7 Å². The fourth-order valence-electron chi connectivity index (χ4n) is 3.01. The highest BCUT2D eigenvalue weighted by atomic mass is 16.5. The van der Waals surface area contributed by atoms with E-state index in [0.717, 1.165) is 18.1 Å². The molecule has 0 aromatic carbocycles. The third-order valence-electron chi connectivity index (χ3n) is 4.44. The highest BCUT2D eigenvalue weighted by Gasteiger charge is 2.31. The topological polar surface area (TPSA) is 62.6 Å². The minimum absolute atomic E-state index is 0.0652. The number of ether oxygens (including phenoxy) is 1. The Balaban J connectivity index is 1.84. The van der Waals surface area contributed by atoms with Crippen LogP contribution in [0.5, 0.6) is 0 Å². The lowest BCUT2D eigenvalue weighted by molar-refractivity contribution is -0.0108. The molecular weight excluding hydrogens is 268 g/mol. The van der Waals surface area contributed by atoms with Crippen LogP contribution in [0.3, 0.4) is 0 Å². The highest BCUT2D eigenvalue weighted by Crippen LogP contribution is 2.29. The summed E-state index contributed by atoms with van der Waals surface area (Å²) < 4.78 is 7.62. The number of rotatable bonds is 5. The molecule has 2 heterocycles. The number of hydrogen-bond donors (Lipinski definition) is 2. The van der Waals surface area contributed by atoms with Gasteiger partial charge < -0.3 is 20.1 Å². The Hall–Kier alpha value is -1.11. The maximum atomic E-state index is 9.38. The van der Waals surface area contributed by atoms with Crippen LogP contribution in [0.25, 0.3) is 0 Å². The molecule has 3 rings (SSSR count). The smallest absolute Gasteiger partial charge is 0.131 e. The summed E-state index contributed by atoms with van der Waals surface area (Å²) in [6.45, 7) is 6.53. The van der Waals surface area contributed by atoms with Crippen LogP contribution in [-0.2, 0) is 18.3 Å². The minimum atomic E-state index is -0.111. The number of nitrogens with zero attached hydrogens (tertiary/aromatic N) is 3. The van der Waals surface area contributed by atoms with Crippen molar-refractivity contribution in [3.63, 3.8) is 0 Å². The number of anilines is 1. The number of aliphatic hydroxyl groups is 1. The Morgan fingerprint density at radius 2 is 2.19 bits per heavy atom. The number of aliphatic hydroxyl groups excluding tert-OH is 1. The molecule has 2 atom stereocenters. The van der Waals surface area contributed by atoms with Crippen LogP contribution in [-0.4, -0.2) is 52.8 Å². The molecule has 0 bridgehead atoms. The first-order valence-electron chi connectivity index (χ1n) is 7.85. The molecule has 0 spiro atoms. The maximum Gasteiger partial charge on any atom is 0.131 e. The molecule has 1 saturated heterocycles. The second-order valence-electron chi connectivity index (χ2n) is 6.31. The number of aryl methyl sites for hydroxylation is 2. The van der Waals surface area contributed by atoms with Crippen LogP contribution in [0.15, 0.2) is 0 Å². The zero-order valence-electron chi connectivity index (χ0n) is 13.2. The number of morpholine rings is 1. The average molecular weight is 294 g/mol. The van der Waals surface area contributed by atoms with Crippen molar-refractivity contribution in [3.8, 4) is 0 Å². The van der Waals surface area contributed by atoms with Gasteiger partial charge in [-0.05, 0) is 26.7 Å². The summed E-state index contributed by atoms with van der Waals surface area (Å²) in [5.41, 5.74) is 2.36. The van der Waals surface area contributed by atoms with E-state index in [1.807, 2.05) is 11.7 Å². The van der Waals surface area contributed by atoms with Crippen LogP contribution < -0.4 is 10.2 Å².